The number of rotatable bonds is 8. The van der Waals surface area contributed by atoms with Crippen molar-refractivity contribution in [1.29, 1.82) is 0 Å². The van der Waals surface area contributed by atoms with Crippen LogP contribution in [0, 0.1) is 17.0 Å². The summed E-state index contributed by atoms with van der Waals surface area (Å²) in [5.74, 6) is 0.497. The van der Waals surface area contributed by atoms with E-state index in [9.17, 15) is 20.0 Å². The number of aryl methyl sites for hydroxylation is 1. The zero-order valence-corrected chi connectivity index (χ0v) is 17.1. The van der Waals surface area contributed by atoms with Crippen molar-refractivity contribution in [2.24, 2.45) is 0 Å². The maximum Gasteiger partial charge on any atom is 0.311 e. The van der Waals surface area contributed by atoms with Crippen LogP contribution in [0.2, 0.25) is 0 Å². The first-order chi connectivity index (χ1) is 14.9. The fourth-order valence-corrected chi connectivity index (χ4v) is 2.99. The van der Waals surface area contributed by atoms with Gasteiger partial charge in [0.1, 0.15) is 18.1 Å². The van der Waals surface area contributed by atoms with E-state index < -0.39 is 4.92 Å². The molecule has 0 aromatic heterocycles. The first kappa shape index (κ1) is 21.6. The monoisotopic (exact) mass is 419 g/mol. The summed E-state index contributed by atoms with van der Waals surface area (Å²) in [5, 5.41) is 20.8. The quantitative estimate of drug-likeness (QED) is 0.236. The number of nitrogens with zero attached hydrogens (tertiary/aromatic N) is 1. The SMILES string of the molecule is COc1ccc(/C=C/C(=O)c2cccc(O)c2)cc1COc1ccc(C)cc1[N+](=O)[O-]. The van der Waals surface area contributed by atoms with E-state index in [1.54, 1.807) is 55.5 Å². The second kappa shape index (κ2) is 9.58. The van der Waals surface area contributed by atoms with E-state index in [2.05, 4.69) is 0 Å². The lowest BCUT2D eigenvalue weighted by atomic mass is 10.1. The number of phenols is 1. The zero-order chi connectivity index (χ0) is 22.4. The van der Waals surface area contributed by atoms with Crippen LogP contribution in [0.4, 0.5) is 5.69 Å². The predicted molar refractivity (Wildman–Crippen MR) is 117 cm³/mol. The van der Waals surface area contributed by atoms with Gasteiger partial charge in [-0.1, -0.05) is 30.3 Å². The fourth-order valence-electron chi connectivity index (χ4n) is 2.99. The Morgan fingerprint density at radius 3 is 2.58 bits per heavy atom. The minimum atomic E-state index is -0.480. The second-order valence-corrected chi connectivity index (χ2v) is 6.84. The molecule has 0 unspecified atom stereocenters. The molecule has 31 heavy (non-hydrogen) atoms. The molecule has 7 nitrogen and oxygen atoms in total. The van der Waals surface area contributed by atoms with Gasteiger partial charge in [0.2, 0.25) is 0 Å². The van der Waals surface area contributed by atoms with Gasteiger partial charge in [0.15, 0.2) is 11.5 Å². The highest BCUT2D eigenvalue weighted by molar-refractivity contribution is 6.07. The number of allylic oxidation sites excluding steroid dienone is 1. The van der Waals surface area contributed by atoms with Gasteiger partial charge in [0, 0.05) is 17.2 Å². The maximum atomic E-state index is 12.3. The standard InChI is InChI=1S/C24H21NO6/c1-16-6-10-24(21(12-16)25(28)29)31-15-19-13-17(8-11-23(19)30-2)7-9-22(27)18-4-3-5-20(26)14-18/h3-14,26H,15H2,1-2H3/b9-7+. The first-order valence-electron chi connectivity index (χ1n) is 9.43. The Hall–Kier alpha value is -4.13. The Balaban J connectivity index is 1.80. The van der Waals surface area contributed by atoms with Gasteiger partial charge >= 0.3 is 5.69 Å². The summed E-state index contributed by atoms with van der Waals surface area (Å²) in [4.78, 5) is 23.1. The summed E-state index contributed by atoms with van der Waals surface area (Å²) < 4.78 is 11.1. The number of carbonyl (C=O) groups is 1. The van der Waals surface area contributed by atoms with Crippen LogP contribution in [0.5, 0.6) is 17.2 Å². The fraction of sp³-hybridized carbons (Fsp3) is 0.125. The molecule has 1 N–H and O–H groups in total. The lowest BCUT2D eigenvalue weighted by Crippen LogP contribution is -2.02. The topological polar surface area (TPSA) is 98.9 Å². The van der Waals surface area contributed by atoms with Crippen molar-refractivity contribution >= 4 is 17.5 Å². The predicted octanol–water partition coefficient (Wildman–Crippen LogP) is 5.09. The third-order valence-corrected chi connectivity index (χ3v) is 4.56. The number of hydrogen-bond donors (Lipinski definition) is 1. The number of hydrogen-bond acceptors (Lipinski definition) is 6. The van der Waals surface area contributed by atoms with E-state index in [1.807, 2.05) is 0 Å². The van der Waals surface area contributed by atoms with E-state index in [-0.39, 0.29) is 29.6 Å². The number of ether oxygens (including phenoxy) is 2. The number of ketones is 1. The maximum absolute atomic E-state index is 12.3. The Morgan fingerprint density at radius 1 is 1.10 bits per heavy atom. The molecule has 3 aromatic rings. The van der Waals surface area contributed by atoms with Gasteiger partial charge < -0.3 is 14.6 Å². The van der Waals surface area contributed by atoms with Crippen molar-refractivity contribution in [2.75, 3.05) is 7.11 Å². The number of methoxy groups -OCH3 is 1. The molecular weight excluding hydrogens is 398 g/mol. The zero-order valence-electron chi connectivity index (χ0n) is 17.1. The van der Waals surface area contributed by atoms with E-state index >= 15 is 0 Å². The first-order valence-corrected chi connectivity index (χ1v) is 9.43. The van der Waals surface area contributed by atoms with Gasteiger partial charge in [-0.2, -0.15) is 0 Å². The Bertz CT molecular complexity index is 1150. The molecule has 0 bridgehead atoms. The van der Waals surface area contributed by atoms with E-state index in [0.717, 1.165) is 11.1 Å². The molecule has 0 aliphatic rings. The molecule has 3 aromatic carbocycles. The van der Waals surface area contributed by atoms with Crippen molar-refractivity contribution in [3.63, 3.8) is 0 Å². The van der Waals surface area contributed by atoms with Gasteiger partial charge in [0.05, 0.1) is 12.0 Å². The molecule has 0 atom stereocenters. The number of benzene rings is 3. The largest absolute Gasteiger partial charge is 0.508 e. The van der Waals surface area contributed by atoms with E-state index in [1.165, 1.54) is 31.4 Å². The van der Waals surface area contributed by atoms with Gasteiger partial charge in [-0.15, -0.1) is 0 Å². The average Bonchev–Trinajstić information content (AvgIpc) is 2.76. The van der Waals surface area contributed by atoms with Gasteiger partial charge in [-0.3, -0.25) is 14.9 Å². The number of phenolic OH excluding ortho intramolecular Hbond substituents is 1. The van der Waals surface area contributed by atoms with Gasteiger partial charge in [-0.05, 0) is 54.5 Å². The van der Waals surface area contributed by atoms with Crippen LogP contribution in [0.25, 0.3) is 6.08 Å². The summed E-state index contributed by atoms with van der Waals surface area (Å²) in [5.41, 5.74) is 2.43. The summed E-state index contributed by atoms with van der Waals surface area (Å²) in [6, 6.07) is 16.2. The normalized spacial score (nSPS) is 10.8. The third kappa shape index (κ3) is 5.48. The van der Waals surface area contributed by atoms with Crippen molar-refractivity contribution in [3.05, 3.63) is 99.1 Å². The molecule has 0 aliphatic carbocycles. The molecule has 0 saturated heterocycles. The van der Waals surface area contributed by atoms with Crippen molar-refractivity contribution < 1.29 is 24.3 Å². The van der Waals surface area contributed by atoms with Crippen LogP contribution < -0.4 is 9.47 Å². The van der Waals surface area contributed by atoms with Crippen LogP contribution >= 0.6 is 0 Å². The molecule has 0 saturated carbocycles. The highest BCUT2D eigenvalue weighted by Crippen LogP contribution is 2.30. The molecule has 7 heteroatoms. The van der Waals surface area contributed by atoms with Crippen molar-refractivity contribution in [3.8, 4) is 17.2 Å². The highest BCUT2D eigenvalue weighted by atomic mass is 16.6. The van der Waals surface area contributed by atoms with Crippen LogP contribution in [0.1, 0.15) is 27.0 Å². The van der Waals surface area contributed by atoms with E-state index in [4.69, 9.17) is 9.47 Å². The van der Waals surface area contributed by atoms with Gasteiger partial charge in [-0.25, -0.2) is 0 Å². The van der Waals surface area contributed by atoms with Crippen LogP contribution in [0.3, 0.4) is 0 Å². The Kier molecular flexibility index (Phi) is 6.67. The minimum Gasteiger partial charge on any atom is -0.508 e. The van der Waals surface area contributed by atoms with Gasteiger partial charge in [0.25, 0.3) is 0 Å². The summed E-state index contributed by atoms with van der Waals surface area (Å²) in [7, 11) is 1.52. The molecule has 0 heterocycles. The van der Waals surface area contributed by atoms with Crippen LogP contribution in [0.15, 0.2) is 66.7 Å². The molecule has 0 radical (unpaired) electrons. The Labute approximate surface area is 179 Å². The smallest absolute Gasteiger partial charge is 0.311 e. The van der Waals surface area contributed by atoms with Crippen molar-refractivity contribution in [2.45, 2.75) is 13.5 Å². The summed E-state index contributed by atoms with van der Waals surface area (Å²) in [6.45, 7) is 1.82. The minimum absolute atomic E-state index is 0.0216. The molecule has 158 valence electrons. The molecule has 0 spiro atoms. The number of nitro benzene ring substituents is 1. The average molecular weight is 419 g/mol. The van der Waals surface area contributed by atoms with E-state index in [0.29, 0.717) is 16.9 Å². The Morgan fingerprint density at radius 2 is 1.87 bits per heavy atom. The molecule has 0 fully saturated rings. The highest BCUT2D eigenvalue weighted by Gasteiger charge is 2.16. The lowest BCUT2D eigenvalue weighted by molar-refractivity contribution is -0.386. The molecule has 0 amide bonds. The third-order valence-electron chi connectivity index (χ3n) is 4.56. The van der Waals surface area contributed by atoms with Crippen LogP contribution in [-0.4, -0.2) is 22.9 Å². The van der Waals surface area contributed by atoms with Crippen molar-refractivity contribution in [1.82, 2.24) is 0 Å². The summed E-state index contributed by atoms with van der Waals surface area (Å²) >= 11 is 0. The lowest BCUT2D eigenvalue weighted by Gasteiger charge is -2.12. The number of carbonyl (C=O) groups excluding carboxylic acids is 1. The van der Waals surface area contributed by atoms with Crippen LogP contribution in [-0.2, 0) is 6.61 Å². The number of nitro groups is 1. The number of aromatic hydroxyl groups is 1. The second-order valence-electron chi connectivity index (χ2n) is 6.84. The molecular formula is C24H21NO6. The molecule has 0 aliphatic heterocycles. The molecule has 3 rings (SSSR count). The summed E-state index contributed by atoms with van der Waals surface area (Å²) in [6.07, 6.45) is 3.05.